The molecule has 0 aliphatic rings. The Bertz CT molecular complexity index is 1570. The second kappa shape index (κ2) is 14.8. The molecular weight excluding hydrogens is 552 g/mol. The van der Waals surface area contributed by atoms with E-state index in [-0.39, 0.29) is 12.1 Å². The molecule has 12 nitrogen and oxygen atoms in total. The molecule has 0 bridgehead atoms. The van der Waals surface area contributed by atoms with Gasteiger partial charge in [-0.25, -0.2) is 14.3 Å². The number of hydrogen-bond acceptors (Lipinski definition) is 9. The third-order valence-corrected chi connectivity index (χ3v) is 5.64. The first-order valence-corrected chi connectivity index (χ1v) is 13.7. The first kappa shape index (κ1) is 32.5. The number of anilines is 1. The van der Waals surface area contributed by atoms with Crippen molar-refractivity contribution in [2.24, 2.45) is 0 Å². The third-order valence-electron chi connectivity index (χ3n) is 5.64. The summed E-state index contributed by atoms with van der Waals surface area (Å²) in [6.07, 6.45) is -0.928. The van der Waals surface area contributed by atoms with Crippen LogP contribution in [0.1, 0.15) is 50.4 Å². The normalized spacial score (nSPS) is 10.8. The summed E-state index contributed by atoms with van der Waals surface area (Å²) in [5, 5.41) is 10.7. The molecule has 4 aromatic rings. The van der Waals surface area contributed by atoms with Gasteiger partial charge in [0.05, 0.1) is 18.8 Å². The Morgan fingerprint density at radius 1 is 1.05 bits per heavy atom. The van der Waals surface area contributed by atoms with Gasteiger partial charge in [-0.1, -0.05) is 47.1 Å². The van der Waals surface area contributed by atoms with Crippen LogP contribution in [-0.4, -0.2) is 56.3 Å². The number of rotatable bonds is 7. The van der Waals surface area contributed by atoms with E-state index in [1.165, 1.54) is 15.6 Å². The van der Waals surface area contributed by atoms with Crippen LogP contribution in [0.3, 0.4) is 0 Å². The van der Waals surface area contributed by atoms with Crippen molar-refractivity contribution in [2.75, 3.05) is 19.0 Å². The van der Waals surface area contributed by atoms with Crippen molar-refractivity contribution in [1.29, 1.82) is 0 Å². The predicted molar refractivity (Wildman–Crippen MR) is 162 cm³/mol. The minimum atomic E-state index is -0.534. The smallest absolute Gasteiger partial charge is 0.411 e. The average Bonchev–Trinajstić information content (AvgIpc) is 3.39. The monoisotopic (exact) mass is 590 g/mol. The first-order valence-electron chi connectivity index (χ1n) is 13.7. The van der Waals surface area contributed by atoms with Gasteiger partial charge in [0.25, 0.3) is 5.56 Å². The van der Waals surface area contributed by atoms with Gasteiger partial charge in [0.2, 0.25) is 11.7 Å². The van der Waals surface area contributed by atoms with E-state index in [0.717, 1.165) is 22.4 Å². The molecule has 228 valence electrons. The summed E-state index contributed by atoms with van der Waals surface area (Å²) in [5.74, 6) is 0.872. The van der Waals surface area contributed by atoms with Crippen molar-refractivity contribution in [2.45, 2.75) is 60.2 Å². The maximum atomic E-state index is 11.9. The summed E-state index contributed by atoms with van der Waals surface area (Å²) in [5.41, 5.74) is 3.60. The molecule has 2 amide bonds. The molecule has 0 spiro atoms. The van der Waals surface area contributed by atoms with E-state index in [9.17, 15) is 14.4 Å². The quantitative estimate of drug-likeness (QED) is 0.292. The van der Waals surface area contributed by atoms with Gasteiger partial charge in [0.1, 0.15) is 12.1 Å². The fraction of sp³-hybridized carbons (Fsp3) is 0.355. The maximum absolute atomic E-state index is 11.9. The molecule has 4 rings (SSSR count). The number of amides is 2. The summed E-state index contributed by atoms with van der Waals surface area (Å²) < 4.78 is 16.7. The summed E-state index contributed by atoms with van der Waals surface area (Å²) in [4.78, 5) is 40.7. The molecule has 1 N–H and O–H groups in total. The van der Waals surface area contributed by atoms with Gasteiger partial charge in [-0.3, -0.25) is 10.1 Å². The first-order chi connectivity index (χ1) is 20.3. The van der Waals surface area contributed by atoms with Crippen LogP contribution < -0.4 is 10.9 Å². The molecule has 0 aliphatic carbocycles. The van der Waals surface area contributed by atoms with Gasteiger partial charge in [-0.15, -0.1) is 0 Å². The Labute approximate surface area is 250 Å². The molecule has 0 saturated carbocycles. The highest BCUT2D eigenvalue weighted by Crippen LogP contribution is 2.17. The molecular formula is C31H38N6O6. The summed E-state index contributed by atoms with van der Waals surface area (Å²) >= 11 is 0. The van der Waals surface area contributed by atoms with Gasteiger partial charge in [0.15, 0.2) is 0 Å². The van der Waals surface area contributed by atoms with Crippen molar-refractivity contribution in [3.63, 3.8) is 0 Å². The lowest BCUT2D eigenvalue weighted by Gasteiger charge is -2.23. The highest BCUT2D eigenvalue weighted by atomic mass is 16.6. The van der Waals surface area contributed by atoms with Crippen LogP contribution in [0.4, 0.5) is 15.3 Å². The Morgan fingerprint density at radius 2 is 1.77 bits per heavy atom. The highest BCUT2D eigenvalue weighted by Gasteiger charge is 2.21. The minimum absolute atomic E-state index is 0.163. The van der Waals surface area contributed by atoms with Crippen LogP contribution in [0.15, 0.2) is 70.0 Å². The maximum Gasteiger partial charge on any atom is 0.411 e. The van der Waals surface area contributed by atoms with E-state index in [1.807, 2.05) is 65.0 Å². The molecule has 0 unspecified atom stereocenters. The van der Waals surface area contributed by atoms with Crippen LogP contribution in [0.2, 0.25) is 0 Å². The van der Waals surface area contributed by atoms with Crippen molar-refractivity contribution in [3.05, 3.63) is 93.7 Å². The zero-order valence-electron chi connectivity index (χ0n) is 25.6. The molecule has 12 heteroatoms. The second-order valence-electron chi connectivity index (χ2n) is 10.7. The molecule has 0 saturated heterocycles. The highest BCUT2D eigenvalue weighted by molar-refractivity contribution is 5.84. The Kier molecular flexibility index (Phi) is 11.2. The summed E-state index contributed by atoms with van der Waals surface area (Å²) in [6.45, 7) is 11.9. The zero-order valence-corrected chi connectivity index (χ0v) is 25.6. The van der Waals surface area contributed by atoms with Crippen LogP contribution in [0.5, 0.6) is 0 Å². The largest absolute Gasteiger partial charge is 0.450 e. The topological polar surface area (TPSA) is 142 Å². The van der Waals surface area contributed by atoms with E-state index in [1.54, 1.807) is 38.2 Å². The van der Waals surface area contributed by atoms with Crippen molar-refractivity contribution in [3.8, 4) is 11.4 Å². The number of aryl methyl sites for hydroxylation is 2. The summed E-state index contributed by atoms with van der Waals surface area (Å²) in [6, 6.07) is 18.2. The Morgan fingerprint density at radius 3 is 2.44 bits per heavy atom. The molecule has 2 aromatic heterocycles. The number of aromatic nitrogens is 4. The van der Waals surface area contributed by atoms with E-state index in [0.29, 0.717) is 30.6 Å². The third kappa shape index (κ3) is 10.7. The van der Waals surface area contributed by atoms with Crippen LogP contribution in [0, 0.1) is 13.8 Å². The lowest BCUT2D eigenvalue weighted by molar-refractivity contribution is 0.0268. The molecule has 43 heavy (non-hydrogen) atoms. The lowest BCUT2D eigenvalue weighted by Crippen LogP contribution is -2.33. The summed E-state index contributed by atoms with van der Waals surface area (Å²) in [7, 11) is 1.63. The van der Waals surface area contributed by atoms with Crippen LogP contribution in [-0.2, 0) is 22.6 Å². The van der Waals surface area contributed by atoms with E-state index < -0.39 is 17.8 Å². The number of hydrogen-bond donors (Lipinski definition) is 1. The lowest BCUT2D eigenvalue weighted by atomic mass is 10.1. The van der Waals surface area contributed by atoms with Gasteiger partial charge in [-0.2, -0.15) is 10.1 Å². The number of benzene rings is 2. The fourth-order valence-electron chi connectivity index (χ4n) is 3.62. The molecule has 2 aromatic carbocycles. The van der Waals surface area contributed by atoms with Gasteiger partial charge in [0, 0.05) is 24.4 Å². The Hall–Kier alpha value is -5.00. The van der Waals surface area contributed by atoms with E-state index in [4.69, 9.17) is 14.0 Å². The molecule has 0 atom stereocenters. The zero-order chi connectivity index (χ0) is 31.6. The van der Waals surface area contributed by atoms with Crippen molar-refractivity contribution in [1.82, 2.24) is 24.8 Å². The number of nitrogens with zero attached hydrogens (tertiary/aromatic N) is 5. The molecule has 0 radical (unpaired) electrons. The average molecular weight is 591 g/mol. The number of carbonyl (C=O) groups excluding carboxylic acids is 2. The Balaban J connectivity index is 0.000000236. The van der Waals surface area contributed by atoms with Gasteiger partial charge < -0.3 is 18.9 Å². The van der Waals surface area contributed by atoms with E-state index >= 15 is 0 Å². The number of nitrogens with one attached hydrogen (secondary N) is 1. The van der Waals surface area contributed by atoms with E-state index in [2.05, 4.69) is 20.6 Å². The predicted octanol–water partition coefficient (Wildman–Crippen LogP) is 5.58. The van der Waals surface area contributed by atoms with Crippen molar-refractivity contribution < 1.29 is 23.6 Å². The van der Waals surface area contributed by atoms with Gasteiger partial charge >= 0.3 is 12.2 Å². The fourth-order valence-corrected chi connectivity index (χ4v) is 3.62. The molecule has 0 aliphatic heterocycles. The number of carbonyl (C=O) groups is 2. The minimum Gasteiger partial charge on any atom is -0.450 e. The second-order valence-corrected chi connectivity index (χ2v) is 10.7. The SMILES string of the molecule is CCOC(=O)Nc1cccc(Cn2nc(C)ccc2=O)c1.Cc1ccc(-c2noc(CN(C)C(=O)OC(C)(C)C)n2)cc1. The van der Waals surface area contributed by atoms with Crippen molar-refractivity contribution >= 4 is 17.9 Å². The molecule has 0 fully saturated rings. The van der Waals surface area contributed by atoms with Crippen LogP contribution in [0.25, 0.3) is 11.4 Å². The standard InChI is InChI=1S/C16H21N3O3.C15H17N3O3/c1-11-6-8-12(9-7-11)14-17-13(22-18-14)10-19(5)15(20)21-16(2,3)4;1-3-21-15(20)16-13-6-4-5-12(9-13)10-18-14(19)8-7-11(2)17-18/h6-9H,10H2,1-5H3;4-9H,3,10H2,1-2H3,(H,16,20). The van der Waals surface area contributed by atoms with Gasteiger partial charge in [-0.05, 0) is 65.3 Å². The molecule has 2 heterocycles. The number of ether oxygens (including phenoxy) is 2. The van der Waals surface area contributed by atoms with Crippen LogP contribution >= 0.6 is 0 Å².